The van der Waals surface area contributed by atoms with Gasteiger partial charge in [0.15, 0.2) is 0 Å². The van der Waals surface area contributed by atoms with E-state index in [9.17, 15) is 0 Å². The largest absolute Gasteiger partial charge is 0.326 e. The van der Waals surface area contributed by atoms with Crippen molar-refractivity contribution >= 4 is 15.9 Å². The van der Waals surface area contributed by atoms with Crippen molar-refractivity contribution in [2.45, 2.75) is 58.2 Å². The van der Waals surface area contributed by atoms with E-state index in [1.165, 1.54) is 18.4 Å². The van der Waals surface area contributed by atoms with E-state index in [0.29, 0.717) is 12.1 Å². The van der Waals surface area contributed by atoms with Gasteiger partial charge in [-0.15, -0.1) is 0 Å². The second kappa shape index (κ2) is 7.06. The van der Waals surface area contributed by atoms with Gasteiger partial charge in [-0.2, -0.15) is 0 Å². The lowest BCUT2D eigenvalue weighted by Gasteiger charge is -2.44. The van der Waals surface area contributed by atoms with Crippen molar-refractivity contribution in [3.63, 3.8) is 0 Å². The summed E-state index contributed by atoms with van der Waals surface area (Å²) in [5.74, 6) is 0.838. The van der Waals surface area contributed by atoms with Crippen LogP contribution in [0.2, 0.25) is 0 Å². The fourth-order valence-corrected chi connectivity index (χ4v) is 3.67. The number of hydrogen-bond donors (Lipinski definition) is 1. The number of nitrogens with two attached hydrogens (primary N) is 1. The molecule has 3 heteroatoms. The molecule has 1 aromatic rings. The number of hydrogen-bond acceptors (Lipinski definition) is 2. The summed E-state index contributed by atoms with van der Waals surface area (Å²) in [6, 6.07) is 9.85. The van der Waals surface area contributed by atoms with Crippen LogP contribution in [0.15, 0.2) is 28.7 Å². The first kappa shape index (κ1) is 16.0. The molecule has 1 aliphatic heterocycles. The van der Waals surface area contributed by atoms with Gasteiger partial charge in [0.25, 0.3) is 0 Å². The molecule has 1 aliphatic rings. The Morgan fingerprint density at radius 3 is 2.50 bits per heavy atom. The zero-order chi connectivity index (χ0) is 14.7. The highest BCUT2D eigenvalue weighted by molar-refractivity contribution is 9.10. The average molecular weight is 339 g/mol. The van der Waals surface area contributed by atoms with Crippen LogP contribution in [0.25, 0.3) is 0 Å². The van der Waals surface area contributed by atoms with E-state index in [1.54, 1.807) is 0 Å². The normalized spacial score (nSPS) is 27.2. The summed E-state index contributed by atoms with van der Waals surface area (Å²) < 4.78 is 1.13. The van der Waals surface area contributed by atoms with Crippen molar-refractivity contribution < 1.29 is 0 Å². The predicted molar refractivity (Wildman–Crippen MR) is 89.7 cm³/mol. The van der Waals surface area contributed by atoms with E-state index in [0.717, 1.165) is 23.4 Å². The summed E-state index contributed by atoms with van der Waals surface area (Å²) >= 11 is 3.52. The third-order valence-electron chi connectivity index (χ3n) is 4.64. The van der Waals surface area contributed by atoms with Crippen molar-refractivity contribution in [2.75, 3.05) is 6.54 Å². The molecule has 1 heterocycles. The summed E-state index contributed by atoms with van der Waals surface area (Å²) in [4.78, 5) is 2.62. The second-order valence-corrected chi connectivity index (χ2v) is 7.20. The first-order chi connectivity index (χ1) is 9.52. The molecule has 1 fully saturated rings. The minimum atomic E-state index is 0.201. The van der Waals surface area contributed by atoms with Crippen LogP contribution in [0.1, 0.15) is 51.6 Å². The van der Waals surface area contributed by atoms with Gasteiger partial charge in [-0.1, -0.05) is 41.9 Å². The molecule has 0 radical (unpaired) electrons. The van der Waals surface area contributed by atoms with Crippen LogP contribution in [0.4, 0.5) is 0 Å². The monoisotopic (exact) mass is 338 g/mol. The number of rotatable bonds is 4. The Hall–Kier alpha value is -0.380. The fraction of sp³-hybridized carbons (Fsp3) is 0.647. The van der Waals surface area contributed by atoms with E-state index in [4.69, 9.17) is 5.73 Å². The minimum Gasteiger partial charge on any atom is -0.326 e. The Morgan fingerprint density at radius 2 is 1.95 bits per heavy atom. The van der Waals surface area contributed by atoms with Crippen molar-refractivity contribution in [3.8, 4) is 0 Å². The van der Waals surface area contributed by atoms with Gasteiger partial charge in [0.05, 0.1) is 6.04 Å². The molecule has 2 nitrogen and oxygen atoms in total. The zero-order valence-electron chi connectivity index (χ0n) is 12.8. The third-order valence-corrected chi connectivity index (χ3v) is 5.16. The second-order valence-electron chi connectivity index (χ2n) is 6.28. The smallest absolute Gasteiger partial charge is 0.0501 e. The van der Waals surface area contributed by atoms with Crippen molar-refractivity contribution in [1.29, 1.82) is 0 Å². The lowest BCUT2D eigenvalue weighted by atomic mass is 9.88. The van der Waals surface area contributed by atoms with Gasteiger partial charge in [0.2, 0.25) is 0 Å². The molecule has 112 valence electrons. The van der Waals surface area contributed by atoms with Crippen molar-refractivity contribution in [2.24, 2.45) is 11.7 Å². The molecule has 2 N–H and O–H groups in total. The van der Waals surface area contributed by atoms with E-state index in [2.05, 4.69) is 65.9 Å². The van der Waals surface area contributed by atoms with Crippen LogP contribution in [0.3, 0.4) is 0 Å². The van der Waals surface area contributed by atoms with Crippen LogP contribution in [0, 0.1) is 5.92 Å². The van der Waals surface area contributed by atoms with Gasteiger partial charge in [-0.25, -0.2) is 0 Å². The SMILES string of the molecule is CCC(N)C(c1ccc(Br)cc1)N1CCC(C)CC1C. The van der Waals surface area contributed by atoms with E-state index < -0.39 is 0 Å². The zero-order valence-corrected chi connectivity index (χ0v) is 14.4. The summed E-state index contributed by atoms with van der Waals surface area (Å²) in [7, 11) is 0. The van der Waals surface area contributed by atoms with Gasteiger partial charge >= 0.3 is 0 Å². The van der Waals surface area contributed by atoms with Gasteiger partial charge in [-0.3, -0.25) is 4.90 Å². The maximum Gasteiger partial charge on any atom is 0.0501 e. The van der Waals surface area contributed by atoms with Crippen LogP contribution >= 0.6 is 15.9 Å². The molecule has 0 saturated carbocycles. The Labute approximate surface area is 131 Å². The Morgan fingerprint density at radius 1 is 1.30 bits per heavy atom. The summed E-state index contributed by atoms with van der Waals surface area (Å²) in [5, 5.41) is 0. The standard InChI is InChI=1S/C17H27BrN2/c1-4-16(19)17(14-5-7-15(18)8-6-14)20-10-9-12(2)11-13(20)3/h5-8,12-13,16-17H,4,9-11,19H2,1-3H3. The number of benzene rings is 1. The quantitative estimate of drug-likeness (QED) is 0.884. The molecule has 0 spiro atoms. The van der Waals surface area contributed by atoms with Crippen LogP contribution in [0.5, 0.6) is 0 Å². The number of nitrogens with zero attached hydrogens (tertiary/aromatic N) is 1. The Kier molecular flexibility index (Phi) is 5.65. The van der Waals surface area contributed by atoms with Crippen molar-refractivity contribution in [3.05, 3.63) is 34.3 Å². The highest BCUT2D eigenvalue weighted by Gasteiger charge is 2.32. The summed E-state index contributed by atoms with van der Waals surface area (Å²) in [5.41, 5.74) is 7.81. The first-order valence-corrected chi connectivity index (χ1v) is 8.59. The highest BCUT2D eigenvalue weighted by atomic mass is 79.9. The van der Waals surface area contributed by atoms with E-state index >= 15 is 0 Å². The molecule has 20 heavy (non-hydrogen) atoms. The van der Waals surface area contributed by atoms with E-state index in [1.807, 2.05) is 0 Å². The molecular weight excluding hydrogens is 312 g/mol. The first-order valence-electron chi connectivity index (χ1n) is 7.79. The third kappa shape index (κ3) is 3.63. The Bertz CT molecular complexity index is 418. The molecule has 2 rings (SSSR count). The lowest BCUT2D eigenvalue weighted by Crippen LogP contribution is -2.48. The molecule has 0 amide bonds. The molecule has 0 bridgehead atoms. The molecule has 4 atom stereocenters. The number of piperidine rings is 1. The topological polar surface area (TPSA) is 29.3 Å². The molecule has 0 aliphatic carbocycles. The maximum atomic E-state index is 6.46. The molecular formula is C17H27BrN2. The van der Waals surface area contributed by atoms with Gasteiger partial charge in [-0.05, 0) is 56.3 Å². The van der Waals surface area contributed by atoms with Crippen LogP contribution < -0.4 is 5.73 Å². The maximum absolute atomic E-state index is 6.46. The van der Waals surface area contributed by atoms with Gasteiger partial charge in [0.1, 0.15) is 0 Å². The molecule has 4 unspecified atom stereocenters. The molecule has 0 aromatic heterocycles. The van der Waals surface area contributed by atoms with Gasteiger partial charge in [0, 0.05) is 16.6 Å². The highest BCUT2D eigenvalue weighted by Crippen LogP contribution is 2.33. The van der Waals surface area contributed by atoms with Gasteiger partial charge < -0.3 is 5.73 Å². The lowest BCUT2D eigenvalue weighted by molar-refractivity contribution is 0.0672. The molecule has 1 saturated heterocycles. The van der Waals surface area contributed by atoms with Crippen LogP contribution in [-0.4, -0.2) is 23.5 Å². The van der Waals surface area contributed by atoms with Crippen LogP contribution in [-0.2, 0) is 0 Å². The average Bonchev–Trinajstić information content (AvgIpc) is 2.43. The number of likely N-dealkylation sites (tertiary alicyclic amines) is 1. The molecule has 1 aromatic carbocycles. The summed E-state index contributed by atoms with van der Waals surface area (Å²) in [6.07, 6.45) is 3.58. The predicted octanol–water partition coefficient (Wildman–Crippen LogP) is 4.35. The number of halogens is 1. The fourth-order valence-electron chi connectivity index (χ4n) is 3.41. The summed E-state index contributed by atoms with van der Waals surface area (Å²) in [6.45, 7) is 8.07. The van der Waals surface area contributed by atoms with E-state index in [-0.39, 0.29) is 6.04 Å². The minimum absolute atomic E-state index is 0.201. The van der Waals surface area contributed by atoms with Crippen molar-refractivity contribution in [1.82, 2.24) is 4.90 Å². The Balaban J connectivity index is 2.25.